The van der Waals surface area contributed by atoms with Crippen LogP contribution in [0.3, 0.4) is 0 Å². The summed E-state index contributed by atoms with van der Waals surface area (Å²) in [6.45, 7) is 3.44. The van der Waals surface area contributed by atoms with Crippen molar-refractivity contribution in [3.8, 4) is 0 Å². The van der Waals surface area contributed by atoms with E-state index in [0.29, 0.717) is 8.02 Å². The Morgan fingerprint density at radius 1 is 1.47 bits per heavy atom. The number of rotatable bonds is 3. The predicted octanol–water partition coefficient (Wildman–Crippen LogP) is 1.31. The second-order valence-electron chi connectivity index (χ2n) is 2.55. The minimum atomic E-state index is -0.680. The smallest absolute Gasteiger partial charge is 0.267 e. The molecule has 0 fully saturated rings. The van der Waals surface area contributed by atoms with Crippen LogP contribution in [-0.4, -0.2) is 8.65 Å². The summed E-state index contributed by atoms with van der Waals surface area (Å²) in [4.78, 5) is 23.0. The zero-order chi connectivity index (χ0) is 11.6. The van der Waals surface area contributed by atoms with Gasteiger partial charge in [-0.1, -0.05) is 6.08 Å². The Morgan fingerprint density at radius 3 is 2.53 bits per heavy atom. The molecule has 0 aromatic carbocycles. The van der Waals surface area contributed by atoms with Crippen LogP contribution >= 0.6 is 35.3 Å². The first-order valence-corrected chi connectivity index (χ1v) is 4.75. The van der Waals surface area contributed by atoms with E-state index in [2.05, 4.69) is 6.58 Å². The third kappa shape index (κ3) is 2.37. The number of nitrogens with zero attached hydrogens (tertiary/aromatic N) is 3. The van der Waals surface area contributed by atoms with Crippen LogP contribution in [0.25, 0.3) is 0 Å². The first-order chi connectivity index (χ1) is 6.99. The highest BCUT2D eigenvalue weighted by atomic mass is 35.5. The molecular weight excluding hydrogens is 264 g/mol. The lowest BCUT2D eigenvalue weighted by Crippen LogP contribution is -2.38. The van der Waals surface area contributed by atoms with Gasteiger partial charge in [-0.2, -0.15) is 3.94 Å². The molecule has 0 aliphatic carbocycles. The Morgan fingerprint density at radius 2 is 2.07 bits per heavy atom. The highest BCUT2D eigenvalue weighted by molar-refractivity contribution is 6.49. The molecule has 0 N–H and O–H groups in total. The molecule has 0 aliphatic heterocycles. The van der Waals surface area contributed by atoms with Gasteiger partial charge in [-0.15, -0.1) is 6.58 Å². The second kappa shape index (κ2) is 4.74. The fraction of sp³-hybridized carbons (Fsp3) is 0.143. The average Bonchev–Trinajstić information content (AvgIpc) is 2.18. The molecule has 0 unspecified atom stereocenters. The summed E-state index contributed by atoms with van der Waals surface area (Å²) in [5.41, 5.74) is -1.43. The molecule has 1 heterocycles. The van der Waals surface area contributed by atoms with Crippen LogP contribution in [0.2, 0.25) is 0 Å². The van der Waals surface area contributed by atoms with E-state index in [4.69, 9.17) is 35.3 Å². The van der Waals surface area contributed by atoms with Crippen LogP contribution in [0.1, 0.15) is 0 Å². The highest BCUT2D eigenvalue weighted by Gasteiger charge is 2.13. The maximum Gasteiger partial charge on any atom is 0.346 e. The van der Waals surface area contributed by atoms with E-state index in [9.17, 15) is 9.59 Å². The maximum atomic E-state index is 11.6. The molecular formula is C7H6Cl3N3O2. The van der Waals surface area contributed by atoms with Gasteiger partial charge in [0.05, 0.1) is 6.20 Å². The van der Waals surface area contributed by atoms with Gasteiger partial charge in [0.2, 0.25) is 0 Å². The van der Waals surface area contributed by atoms with Gasteiger partial charge in [0.25, 0.3) is 5.56 Å². The van der Waals surface area contributed by atoms with E-state index >= 15 is 0 Å². The van der Waals surface area contributed by atoms with Gasteiger partial charge in [-0.05, 0) is 0 Å². The van der Waals surface area contributed by atoms with Crippen LogP contribution in [-0.2, 0) is 6.54 Å². The van der Waals surface area contributed by atoms with Crippen molar-refractivity contribution in [2.45, 2.75) is 6.54 Å². The predicted molar refractivity (Wildman–Crippen MR) is 60.6 cm³/mol. The number of anilines is 1. The first kappa shape index (κ1) is 12.2. The molecule has 0 saturated heterocycles. The minimum absolute atomic E-state index is 0.0276. The number of halogens is 3. The van der Waals surface area contributed by atoms with Crippen molar-refractivity contribution in [2.75, 3.05) is 3.94 Å². The standard InChI is InChI=1S/C7H6Cl3N3O2/c1-2-3-11-6(14)5(13(9)10)4-12(8)7(11)15/h2,4H,1,3H2. The van der Waals surface area contributed by atoms with Gasteiger partial charge in [-0.3, -0.25) is 9.36 Å². The molecule has 1 rings (SSSR count). The van der Waals surface area contributed by atoms with Crippen LogP contribution in [0.15, 0.2) is 28.4 Å². The van der Waals surface area contributed by atoms with Crippen LogP contribution in [0.4, 0.5) is 5.69 Å². The van der Waals surface area contributed by atoms with Crippen LogP contribution in [0, 0.1) is 0 Å². The summed E-state index contributed by atoms with van der Waals surface area (Å²) in [7, 11) is 0. The fourth-order valence-electron chi connectivity index (χ4n) is 0.964. The Balaban J connectivity index is 3.56. The third-order valence-electron chi connectivity index (χ3n) is 1.61. The molecule has 0 atom stereocenters. The summed E-state index contributed by atoms with van der Waals surface area (Å²) < 4.78 is 2.09. The van der Waals surface area contributed by atoms with E-state index in [1.54, 1.807) is 0 Å². The molecule has 0 aliphatic rings. The Bertz CT molecular complexity index is 491. The lowest BCUT2D eigenvalue weighted by atomic mass is 10.5. The Kier molecular flexibility index (Phi) is 3.84. The molecule has 1 aromatic heterocycles. The molecule has 0 radical (unpaired) electrons. The molecule has 0 spiro atoms. The maximum absolute atomic E-state index is 11.6. The molecule has 0 saturated carbocycles. The van der Waals surface area contributed by atoms with E-state index in [1.165, 1.54) is 6.08 Å². The van der Waals surface area contributed by atoms with Gasteiger partial charge >= 0.3 is 5.69 Å². The molecule has 5 nitrogen and oxygen atoms in total. The molecule has 1 aromatic rings. The number of hydrogen-bond acceptors (Lipinski definition) is 3. The number of allylic oxidation sites excluding steroid dienone is 1. The quantitative estimate of drug-likeness (QED) is 0.615. The zero-order valence-corrected chi connectivity index (χ0v) is 9.63. The molecule has 15 heavy (non-hydrogen) atoms. The molecule has 0 bridgehead atoms. The normalized spacial score (nSPS) is 10.1. The van der Waals surface area contributed by atoms with Crippen molar-refractivity contribution in [2.24, 2.45) is 0 Å². The summed E-state index contributed by atoms with van der Waals surface area (Å²) >= 11 is 16.3. The Labute approximate surface area is 100 Å². The van der Waals surface area contributed by atoms with Crippen LogP contribution in [0.5, 0.6) is 0 Å². The van der Waals surface area contributed by atoms with Crippen LogP contribution < -0.4 is 15.2 Å². The summed E-state index contributed by atoms with van der Waals surface area (Å²) in [5.74, 6) is 0. The highest BCUT2D eigenvalue weighted by Crippen LogP contribution is 2.12. The van der Waals surface area contributed by atoms with Gasteiger partial charge in [0.1, 0.15) is 0 Å². The average molecular weight is 271 g/mol. The van der Waals surface area contributed by atoms with Gasteiger partial charge in [0.15, 0.2) is 5.69 Å². The minimum Gasteiger partial charge on any atom is -0.267 e. The molecule has 8 heteroatoms. The lowest BCUT2D eigenvalue weighted by molar-refractivity contribution is 0.702. The zero-order valence-electron chi connectivity index (χ0n) is 7.36. The number of aromatic nitrogens is 2. The molecule has 0 amide bonds. The lowest BCUT2D eigenvalue weighted by Gasteiger charge is -2.08. The summed E-state index contributed by atoms with van der Waals surface area (Å²) in [6.07, 6.45) is 2.42. The van der Waals surface area contributed by atoms with Crippen molar-refractivity contribution < 1.29 is 0 Å². The third-order valence-corrected chi connectivity index (χ3v) is 2.21. The van der Waals surface area contributed by atoms with Crippen molar-refractivity contribution in [1.29, 1.82) is 0 Å². The van der Waals surface area contributed by atoms with E-state index < -0.39 is 11.2 Å². The van der Waals surface area contributed by atoms with E-state index in [1.807, 2.05) is 0 Å². The SMILES string of the molecule is C=CCn1c(=O)c(N(Cl)Cl)cn(Cl)c1=O. The van der Waals surface area contributed by atoms with Gasteiger partial charge < -0.3 is 0 Å². The van der Waals surface area contributed by atoms with Gasteiger partial charge in [0, 0.05) is 41.9 Å². The summed E-state index contributed by atoms with van der Waals surface area (Å²) in [5, 5.41) is 0. The van der Waals surface area contributed by atoms with Crippen molar-refractivity contribution in [1.82, 2.24) is 8.65 Å². The van der Waals surface area contributed by atoms with E-state index in [-0.39, 0.29) is 12.2 Å². The van der Waals surface area contributed by atoms with E-state index in [0.717, 1.165) is 10.8 Å². The topological polar surface area (TPSA) is 47.2 Å². The van der Waals surface area contributed by atoms with Crippen molar-refractivity contribution in [3.63, 3.8) is 0 Å². The fourth-order valence-corrected chi connectivity index (χ4v) is 1.38. The largest absolute Gasteiger partial charge is 0.346 e. The Hall–Kier alpha value is -0.910. The molecule has 82 valence electrons. The monoisotopic (exact) mass is 269 g/mol. The summed E-state index contributed by atoms with van der Waals surface area (Å²) in [6, 6.07) is 0. The van der Waals surface area contributed by atoms with Crippen molar-refractivity contribution in [3.05, 3.63) is 39.7 Å². The second-order valence-corrected chi connectivity index (χ2v) is 3.76. The van der Waals surface area contributed by atoms with Gasteiger partial charge in [-0.25, -0.2) is 8.88 Å². The van der Waals surface area contributed by atoms with Crippen molar-refractivity contribution >= 4 is 41.0 Å². The number of hydrogen-bond donors (Lipinski definition) is 0. The first-order valence-electron chi connectivity index (χ1n) is 3.74.